The van der Waals surface area contributed by atoms with Crippen LogP contribution in [0.2, 0.25) is 5.02 Å². The molecule has 0 radical (unpaired) electrons. The van der Waals surface area contributed by atoms with Gasteiger partial charge in [0.1, 0.15) is 0 Å². The van der Waals surface area contributed by atoms with Crippen LogP contribution >= 0.6 is 27.5 Å². The van der Waals surface area contributed by atoms with Crippen molar-refractivity contribution >= 4 is 56.7 Å². The Bertz CT molecular complexity index is 917. The average Bonchev–Trinajstić information content (AvgIpc) is 3.05. The topological polar surface area (TPSA) is 75.7 Å². The van der Waals surface area contributed by atoms with Gasteiger partial charge in [-0.05, 0) is 53.2 Å². The fourth-order valence-electron chi connectivity index (χ4n) is 2.87. The maximum atomic E-state index is 12.3. The number of ether oxygens (including phenoxy) is 1. The van der Waals surface area contributed by atoms with E-state index in [0.29, 0.717) is 15.2 Å². The first-order valence-electron chi connectivity index (χ1n) is 8.62. The summed E-state index contributed by atoms with van der Waals surface area (Å²) >= 11 is 9.24. The second-order valence-electron chi connectivity index (χ2n) is 6.53. The van der Waals surface area contributed by atoms with Crippen molar-refractivity contribution < 1.29 is 19.1 Å². The molecular weight excluding hydrogens is 448 g/mol. The van der Waals surface area contributed by atoms with Crippen molar-refractivity contribution in [1.29, 1.82) is 0 Å². The second kappa shape index (κ2) is 8.75. The quantitative estimate of drug-likeness (QED) is 0.679. The van der Waals surface area contributed by atoms with Crippen molar-refractivity contribution in [2.24, 2.45) is 5.92 Å². The largest absolute Gasteiger partial charge is 0.455 e. The van der Waals surface area contributed by atoms with E-state index in [4.69, 9.17) is 16.3 Å². The molecule has 1 heterocycles. The van der Waals surface area contributed by atoms with Crippen LogP contribution in [-0.4, -0.2) is 30.9 Å². The molecule has 0 aromatic heterocycles. The van der Waals surface area contributed by atoms with Gasteiger partial charge in [0.2, 0.25) is 5.91 Å². The lowest BCUT2D eigenvalue weighted by molar-refractivity contribution is -0.151. The maximum Gasteiger partial charge on any atom is 0.311 e. The summed E-state index contributed by atoms with van der Waals surface area (Å²) < 4.78 is 5.80. The highest BCUT2D eigenvalue weighted by Gasteiger charge is 2.36. The molecule has 0 bridgehead atoms. The summed E-state index contributed by atoms with van der Waals surface area (Å²) in [7, 11) is 0. The molecule has 1 fully saturated rings. The van der Waals surface area contributed by atoms with Crippen LogP contribution in [0, 0.1) is 12.8 Å². The molecule has 6 nitrogen and oxygen atoms in total. The van der Waals surface area contributed by atoms with Gasteiger partial charge >= 0.3 is 5.97 Å². The molecule has 2 amide bonds. The Balaban J connectivity index is 1.52. The van der Waals surface area contributed by atoms with Gasteiger partial charge in [-0.25, -0.2) is 0 Å². The molecule has 0 unspecified atom stereocenters. The fourth-order valence-corrected chi connectivity index (χ4v) is 3.29. The molecule has 0 aliphatic carbocycles. The fraction of sp³-hybridized carbons (Fsp3) is 0.250. The zero-order valence-corrected chi connectivity index (χ0v) is 17.4. The Morgan fingerprint density at radius 3 is 2.64 bits per heavy atom. The Morgan fingerprint density at radius 2 is 1.96 bits per heavy atom. The van der Waals surface area contributed by atoms with Crippen molar-refractivity contribution in [3.05, 3.63) is 57.5 Å². The van der Waals surface area contributed by atoms with Crippen LogP contribution in [-0.2, 0) is 19.1 Å². The third kappa shape index (κ3) is 4.91. The molecule has 1 aliphatic heterocycles. The number of hydrogen-bond acceptors (Lipinski definition) is 4. The summed E-state index contributed by atoms with van der Waals surface area (Å²) in [4.78, 5) is 38.1. The van der Waals surface area contributed by atoms with E-state index < -0.39 is 24.4 Å². The van der Waals surface area contributed by atoms with Crippen LogP contribution in [0.15, 0.2) is 46.9 Å². The highest BCUT2D eigenvalue weighted by molar-refractivity contribution is 9.10. The summed E-state index contributed by atoms with van der Waals surface area (Å²) in [6.45, 7) is 1.77. The molecule has 8 heteroatoms. The number of esters is 1. The van der Waals surface area contributed by atoms with Gasteiger partial charge in [0.15, 0.2) is 6.61 Å². The number of rotatable bonds is 5. The monoisotopic (exact) mass is 464 g/mol. The van der Waals surface area contributed by atoms with Gasteiger partial charge in [-0.15, -0.1) is 0 Å². The van der Waals surface area contributed by atoms with Crippen LogP contribution in [0.5, 0.6) is 0 Å². The SMILES string of the molecule is Cc1ccc(N2C[C@@H](C(=O)OCC(=O)Nc3ccc(Br)c(Cl)c3)CC2=O)cc1. The first-order valence-corrected chi connectivity index (χ1v) is 9.79. The van der Waals surface area contributed by atoms with Crippen molar-refractivity contribution in [3.8, 4) is 0 Å². The molecule has 1 aliphatic rings. The first-order chi connectivity index (χ1) is 13.3. The highest BCUT2D eigenvalue weighted by atomic mass is 79.9. The molecule has 28 heavy (non-hydrogen) atoms. The van der Waals surface area contributed by atoms with Crippen molar-refractivity contribution in [2.75, 3.05) is 23.4 Å². The minimum absolute atomic E-state index is 0.0661. The number of hydrogen-bond donors (Lipinski definition) is 1. The molecule has 1 atom stereocenters. The van der Waals surface area contributed by atoms with Crippen molar-refractivity contribution in [1.82, 2.24) is 0 Å². The lowest BCUT2D eigenvalue weighted by Gasteiger charge is -2.16. The van der Waals surface area contributed by atoms with Crippen LogP contribution < -0.4 is 10.2 Å². The molecule has 2 aromatic rings. The normalized spacial score (nSPS) is 16.2. The summed E-state index contributed by atoms with van der Waals surface area (Å²) in [5.41, 5.74) is 2.33. The zero-order chi connectivity index (χ0) is 20.3. The second-order valence-corrected chi connectivity index (χ2v) is 7.79. The average molecular weight is 466 g/mol. The van der Waals surface area contributed by atoms with Crippen molar-refractivity contribution in [3.63, 3.8) is 0 Å². The van der Waals surface area contributed by atoms with Crippen LogP contribution in [0.1, 0.15) is 12.0 Å². The molecule has 0 saturated carbocycles. The van der Waals surface area contributed by atoms with Gasteiger partial charge in [0, 0.05) is 28.8 Å². The molecule has 2 aromatic carbocycles. The number of amides is 2. The number of halogens is 2. The van der Waals surface area contributed by atoms with Gasteiger partial charge in [-0.3, -0.25) is 14.4 Å². The smallest absolute Gasteiger partial charge is 0.311 e. The number of carbonyl (C=O) groups is 3. The summed E-state index contributed by atoms with van der Waals surface area (Å²) in [6.07, 6.45) is 0.0661. The van der Waals surface area contributed by atoms with E-state index in [1.54, 1.807) is 23.1 Å². The highest BCUT2D eigenvalue weighted by Crippen LogP contribution is 2.27. The standard InChI is InChI=1S/C20H18BrClN2O4/c1-12-2-5-15(6-3-12)24-10-13(8-19(24)26)20(27)28-11-18(25)23-14-4-7-16(21)17(22)9-14/h2-7,9,13H,8,10-11H2,1H3,(H,23,25)/t13-/m0/s1. The maximum absolute atomic E-state index is 12.3. The van der Waals surface area contributed by atoms with E-state index in [1.165, 1.54) is 0 Å². The molecule has 3 rings (SSSR count). The van der Waals surface area contributed by atoms with E-state index >= 15 is 0 Å². The molecular formula is C20H18BrClN2O4. The predicted molar refractivity (Wildman–Crippen MR) is 110 cm³/mol. The van der Waals surface area contributed by atoms with Gasteiger partial charge in [-0.2, -0.15) is 0 Å². The minimum atomic E-state index is -0.594. The van der Waals surface area contributed by atoms with E-state index in [1.807, 2.05) is 31.2 Å². The van der Waals surface area contributed by atoms with E-state index in [-0.39, 0.29) is 18.9 Å². The molecule has 1 saturated heterocycles. The Morgan fingerprint density at radius 1 is 1.25 bits per heavy atom. The number of aryl methyl sites for hydroxylation is 1. The lowest BCUT2D eigenvalue weighted by Crippen LogP contribution is -2.28. The van der Waals surface area contributed by atoms with E-state index in [0.717, 1.165) is 11.3 Å². The zero-order valence-electron chi connectivity index (χ0n) is 15.1. The minimum Gasteiger partial charge on any atom is -0.455 e. The number of anilines is 2. The number of carbonyl (C=O) groups excluding carboxylic acids is 3. The lowest BCUT2D eigenvalue weighted by atomic mass is 10.1. The van der Waals surface area contributed by atoms with E-state index in [2.05, 4.69) is 21.2 Å². The van der Waals surface area contributed by atoms with Gasteiger partial charge in [0.05, 0.1) is 10.9 Å². The number of nitrogens with one attached hydrogen (secondary N) is 1. The summed E-state index contributed by atoms with van der Waals surface area (Å²) in [5, 5.41) is 3.06. The van der Waals surface area contributed by atoms with Crippen molar-refractivity contribution in [2.45, 2.75) is 13.3 Å². The van der Waals surface area contributed by atoms with Gasteiger partial charge < -0.3 is 15.0 Å². The van der Waals surface area contributed by atoms with Crippen LogP contribution in [0.3, 0.4) is 0 Å². The molecule has 1 N–H and O–H groups in total. The third-order valence-corrected chi connectivity index (χ3v) is 5.59. The predicted octanol–water partition coefficient (Wildman–Crippen LogP) is 3.95. The Labute approximate surface area is 175 Å². The van der Waals surface area contributed by atoms with E-state index in [9.17, 15) is 14.4 Å². The van der Waals surface area contributed by atoms with Crippen LogP contribution in [0.4, 0.5) is 11.4 Å². The third-order valence-electron chi connectivity index (χ3n) is 4.35. The summed E-state index contributed by atoms with van der Waals surface area (Å²) in [5.74, 6) is -1.78. The van der Waals surface area contributed by atoms with Gasteiger partial charge in [-0.1, -0.05) is 29.3 Å². The number of benzene rings is 2. The Kier molecular flexibility index (Phi) is 6.36. The summed E-state index contributed by atoms with van der Waals surface area (Å²) in [6, 6.07) is 12.5. The van der Waals surface area contributed by atoms with Gasteiger partial charge in [0.25, 0.3) is 5.91 Å². The van der Waals surface area contributed by atoms with Crippen LogP contribution in [0.25, 0.3) is 0 Å². The Hall–Kier alpha value is -2.38. The molecule has 0 spiro atoms. The molecule has 146 valence electrons. The number of nitrogens with zero attached hydrogens (tertiary/aromatic N) is 1. The first kappa shape index (κ1) is 20.4.